The van der Waals surface area contributed by atoms with Gasteiger partial charge in [0.2, 0.25) is 0 Å². The maximum Gasteiger partial charge on any atom is 0.0878 e. The molecule has 3 rings (SSSR count). The molecule has 0 aliphatic carbocycles. The molecule has 1 N–H and O–H groups in total. The van der Waals surface area contributed by atoms with Crippen LogP contribution in [0.1, 0.15) is 40.4 Å². The molecule has 1 heterocycles. The molecule has 0 bridgehead atoms. The van der Waals surface area contributed by atoms with Gasteiger partial charge in [-0.1, -0.05) is 65.8 Å². The van der Waals surface area contributed by atoms with Crippen LogP contribution in [0, 0.1) is 13.8 Å². The van der Waals surface area contributed by atoms with Crippen LogP contribution in [0.2, 0.25) is 0 Å². The smallest absolute Gasteiger partial charge is 0.0878 e. The van der Waals surface area contributed by atoms with E-state index < -0.39 is 0 Å². The van der Waals surface area contributed by atoms with Gasteiger partial charge in [-0.05, 0) is 37.1 Å². The summed E-state index contributed by atoms with van der Waals surface area (Å²) in [7, 11) is 0. The average molecular weight is 330 g/mol. The van der Waals surface area contributed by atoms with Gasteiger partial charge in [0.25, 0.3) is 0 Å². The molecule has 0 saturated carbocycles. The van der Waals surface area contributed by atoms with Crippen molar-refractivity contribution in [3.05, 3.63) is 101 Å². The molecule has 126 valence electrons. The molecule has 3 nitrogen and oxygen atoms in total. The predicted molar refractivity (Wildman–Crippen MR) is 101 cm³/mol. The minimum atomic E-state index is 0.127. The number of pyridine rings is 1. The van der Waals surface area contributed by atoms with Crippen LogP contribution < -0.4 is 0 Å². The monoisotopic (exact) mass is 330 g/mol. The quantitative estimate of drug-likeness (QED) is 0.402. The molecule has 0 unspecified atom stereocenters. The van der Waals surface area contributed by atoms with Gasteiger partial charge in [-0.25, -0.2) is 0 Å². The number of aromatic nitrogens is 1. The molecule has 2 aromatic carbocycles. The van der Waals surface area contributed by atoms with Crippen molar-refractivity contribution in [2.75, 3.05) is 0 Å². The second kappa shape index (κ2) is 7.75. The van der Waals surface area contributed by atoms with Crippen molar-refractivity contribution in [2.24, 2.45) is 5.16 Å². The van der Waals surface area contributed by atoms with Crippen molar-refractivity contribution in [2.45, 2.75) is 26.2 Å². The van der Waals surface area contributed by atoms with E-state index in [-0.39, 0.29) is 5.92 Å². The van der Waals surface area contributed by atoms with Crippen molar-refractivity contribution < 1.29 is 5.21 Å². The summed E-state index contributed by atoms with van der Waals surface area (Å²) in [6.45, 7) is 3.91. The number of hydrogen-bond acceptors (Lipinski definition) is 3. The van der Waals surface area contributed by atoms with E-state index >= 15 is 0 Å². The third kappa shape index (κ3) is 4.13. The lowest BCUT2D eigenvalue weighted by atomic mass is 9.85. The molecule has 0 amide bonds. The topological polar surface area (TPSA) is 45.5 Å². The fourth-order valence-corrected chi connectivity index (χ4v) is 3.21. The molecule has 0 atom stereocenters. The van der Waals surface area contributed by atoms with Crippen LogP contribution in [0.3, 0.4) is 0 Å². The maximum atomic E-state index is 9.67. The predicted octanol–water partition coefficient (Wildman–Crippen LogP) is 5.10. The Morgan fingerprint density at radius 1 is 0.880 bits per heavy atom. The molecular formula is C22H22N2O. The lowest BCUT2D eigenvalue weighted by molar-refractivity contribution is 0.317. The second-order valence-corrected chi connectivity index (χ2v) is 6.26. The van der Waals surface area contributed by atoms with E-state index in [1.165, 1.54) is 11.1 Å². The Balaban J connectivity index is 1.99. The molecule has 0 spiro atoms. The minimum absolute atomic E-state index is 0.127. The summed E-state index contributed by atoms with van der Waals surface area (Å²) in [6, 6.07) is 24.6. The molecule has 0 saturated heterocycles. The van der Waals surface area contributed by atoms with Crippen LogP contribution in [0.4, 0.5) is 0 Å². The lowest BCUT2D eigenvalue weighted by Crippen LogP contribution is -2.11. The molecule has 0 aliphatic rings. The Morgan fingerprint density at radius 3 is 1.80 bits per heavy atom. The van der Waals surface area contributed by atoms with Crippen LogP contribution in [-0.4, -0.2) is 15.9 Å². The van der Waals surface area contributed by atoms with Crippen molar-refractivity contribution in [3.8, 4) is 0 Å². The summed E-state index contributed by atoms with van der Waals surface area (Å²) < 4.78 is 0. The molecule has 25 heavy (non-hydrogen) atoms. The van der Waals surface area contributed by atoms with E-state index in [0.717, 1.165) is 17.0 Å². The van der Waals surface area contributed by atoms with Crippen molar-refractivity contribution >= 4 is 5.71 Å². The summed E-state index contributed by atoms with van der Waals surface area (Å²) in [5.41, 5.74) is 5.85. The summed E-state index contributed by atoms with van der Waals surface area (Å²) in [4.78, 5) is 4.41. The van der Waals surface area contributed by atoms with Gasteiger partial charge in [0.1, 0.15) is 0 Å². The largest absolute Gasteiger partial charge is 0.411 e. The molecule has 0 radical (unpaired) electrons. The number of aryl methyl sites for hydroxylation is 2. The number of hydrogen-bond donors (Lipinski definition) is 1. The summed E-state index contributed by atoms with van der Waals surface area (Å²) in [5, 5.41) is 13.3. The molecule has 3 heteroatoms. The van der Waals surface area contributed by atoms with E-state index in [2.05, 4.69) is 34.4 Å². The summed E-state index contributed by atoms with van der Waals surface area (Å²) in [5.74, 6) is 0.127. The van der Waals surface area contributed by atoms with Crippen molar-refractivity contribution in [1.29, 1.82) is 0 Å². The van der Waals surface area contributed by atoms with Gasteiger partial charge in [-0.2, -0.15) is 0 Å². The Labute approximate surface area is 148 Å². The van der Waals surface area contributed by atoms with Gasteiger partial charge < -0.3 is 5.21 Å². The zero-order chi connectivity index (χ0) is 17.6. The van der Waals surface area contributed by atoms with Crippen LogP contribution in [0.15, 0.2) is 78.0 Å². The number of benzene rings is 2. The summed E-state index contributed by atoms with van der Waals surface area (Å²) >= 11 is 0. The van der Waals surface area contributed by atoms with Gasteiger partial charge >= 0.3 is 0 Å². The van der Waals surface area contributed by atoms with Crippen molar-refractivity contribution in [1.82, 2.24) is 4.98 Å². The first kappa shape index (κ1) is 16.9. The number of rotatable bonds is 5. The lowest BCUT2D eigenvalue weighted by Gasteiger charge is -2.19. The standard InChI is InChI=1S/C22H22N2O/c1-16-13-20(14-17(2)23-16)22(24-25)15-21(18-9-5-3-6-10-18)19-11-7-4-8-12-19/h3-14,21,25H,15H2,1-2H3. The highest BCUT2D eigenvalue weighted by Gasteiger charge is 2.19. The molecular weight excluding hydrogens is 308 g/mol. The highest BCUT2D eigenvalue weighted by atomic mass is 16.4. The second-order valence-electron chi connectivity index (χ2n) is 6.26. The molecule has 1 aromatic heterocycles. The Kier molecular flexibility index (Phi) is 5.24. The fourth-order valence-electron chi connectivity index (χ4n) is 3.21. The highest BCUT2D eigenvalue weighted by molar-refractivity contribution is 6.01. The van der Waals surface area contributed by atoms with E-state index in [1.54, 1.807) is 0 Å². The first-order valence-electron chi connectivity index (χ1n) is 8.44. The molecule has 0 fully saturated rings. The van der Waals surface area contributed by atoms with Gasteiger partial charge in [0.05, 0.1) is 5.71 Å². The Bertz CT molecular complexity index is 798. The molecule has 0 aliphatic heterocycles. The first-order valence-corrected chi connectivity index (χ1v) is 8.44. The van der Waals surface area contributed by atoms with Crippen LogP contribution >= 0.6 is 0 Å². The maximum absolute atomic E-state index is 9.67. The van der Waals surface area contributed by atoms with E-state index in [1.807, 2.05) is 62.4 Å². The van der Waals surface area contributed by atoms with E-state index in [9.17, 15) is 5.21 Å². The zero-order valence-electron chi connectivity index (χ0n) is 14.6. The van der Waals surface area contributed by atoms with Gasteiger partial charge in [0, 0.05) is 29.3 Å². The third-order valence-electron chi connectivity index (χ3n) is 4.34. The van der Waals surface area contributed by atoms with Crippen LogP contribution in [-0.2, 0) is 0 Å². The van der Waals surface area contributed by atoms with Crippen molar-refractivity contribution in [3.63, 3.8) is 0 Å². The highest BCUT2D eigenvalue weighted by Crippen LogP contribution is 2.29. The average Bonchev–Trinajstić information content (AvgIpc) is 2.63. The number of oxime groups is 1. The fraction of sp³-hybridized carbons (Fsp3) is 0.182. The van der Waals surface area contributed by atoms with Gasteiger partial charge in [0.15, 0.2) is 0 Å². The molecule has 3 aromatic rings. The summed E-state index contributed by atoms with van der Waals surface area (Å²) in [6.07, 6.45) is 0.618. The van der Waals surface area contributed by atoms with Gasteiger partial charge in [-0.15, -0.1) is 0 Å². The first-order chi connectivity index (χ1) is 12.2. The van der Waals surface area contributed by atoms with Gasteiger partial charge in [-0.3, -0.25) is 4.98 Å². The van der Waals surface area contributed by atoms with E-state index in [4.69, 9.17) is 0 Å². The minimum Gasteiger partial charge on any atom is -0.411 e. The SMILES string of the molecule is Cc1cc(C(CC(c2ccccc2)c2ccccc2)=NO)cc(C)n1. The third-order valence-corrected chi connectivity index (χ3v) is 4.34. The normalized spacial score (nSPS) is 11.7. The number of nitrogens with zero attached hydrogens (tertiary/aromatic N) is 2. The zero-order valence-corrected chi connectivity index (χ0v) is 14.6. The van der Waals surface area contributed by atoms with Crippen LogP contribution in [0.5, 0.6) is 0 Å². The Hall–Kier alpha value is -2.94. The van der Waals surface area contributed by atoms with E-state index in [0.29, 0.717) is 12.1 Å². The Morgan fingerprint density at radius 2 is 1.36 bits per heavy atom. The van der Waals surface area contributed by atoms with Crippen LogP contribution in [0.25, 0.3) is 0 Å².